The molecule has 0 aliphatic heterocycles. The largest absolute Gasteiger partial charge is 0.370 e. The van der Waals surface area contributed by atoms with Crippen LogP contribution in [0.2, 0.25) is 0 Å². The van der Waals surface area contributed by atoms with Gasteiger partial charge in [-0.25, -0.2) is 8.78 Å². The van der Waals surface area contributed by atoms with Crippen LogP contribution < -0.4 is 11.1 Å². The molecule has 0 aromatic heterocycles. The van der Waals surface area contributed by atoms with Crippen molar-refractivity contribution in [1.82, 2.24) is 0 Å². The fourth-order valence-corrected chi connectivity index (χ4v) is 1.17. The number of guanidine groups is 1. The van der Waals surface area contributed by atoms with Gasteiger partial charge in [-0.05, 0) is 18.1 Å². The first-order valence-electron chi connectivity index (χ1n) is 4.56. The minimum absolute atomic E-state index is 0.0268. The van der Waals surface area contributed by atoms with E-state index in [0.29, 0.717) is 12.0 Å². The summed E-state index contributed by atoms with van der Waals surface area (Å²) in [6.45, 7) is 1.79. The summed E-state index contributed by atoms with van der Waals surface area (Å²) in [5.74, 6) is -1.33. The van der Waals surface area contributed by atoms with Gasteiger partial charge in [-0.2, -0.15) is 0 Å². The number of benzene rings is 1. The first-order valence-corrected chi connectivity index (χ1v) is 4.56. The van der Waals surface area contributed by atoms with Crippen LogP contribution in [0, 0.1) is 11.6 Å². The van der Waals surface area contributed by atoms with Crippen molar-refractivity contribution in [2.45, 2.75) is 13.3 Å². The van der Waals surface area contributed by atoms with Crippen molar-refractivity contribution in [3.8, 4) is 0 Å². The highest BCUT2D eigenvalue weighted by Crippen LogP contribution is 2.22. The number of hydrogen-bond acceptors (Lipinski definition) is 1. The first-order chi connectivity index (χ1) is 7.10. The van der Waals surface area contributed by atoms with Crippen molar-refractivity contribution in [2.75, 3.05) is 12.4 Å². The third-order valence-corrected chi connectivity index (χ3v) is 2.05. The zero-order chi connectivity index (χ0) is 11.4. The average molecular weight is 213 g/mol. The van der Waals surface area contributed by atoms with Crippen molar-refractivity contribution in [3.63, 3.8) is 0 Å². The molecule has 3 nitrogen and oxygen atoms in total. The number of aryl methyl sites for hydroxylation is 1. The summed E-state index contributed by atoms with van der Waals surface area (Å²) in [5, 5.41) is 2.38. The van der Waals surface area contributed by atoms with Gasteiger partial charge in [0.05, 0.1) is 0 Å². The second kappa shape index (κ2) is 4.72. The second-order valence-electron chi connectivity index (χ2n) is 2.98. The molecule has 0 heterocycles. The molecule has 0 bridgehead atoms. The Bertz CT molecular complexity index is 388. The smallest absolute Gasteiger partial charge is 0.192 e. The van der Waals surface area contributed by atoms with E-state index in [1.165, 1.54) is 19.2 Å². The average Bonchev–Trinajstić information content (AvgIpc) is 2.24. The van der Waals surface area contributed by atoms with E-state index in [0.717, 1.165) is 0 Å². The van der Waals surface area contributed by atoms with Gasteiger partial charge in [0.2, 0.25) is 0 Å². The predicted molar refractivity (Wildman–Crippen MR) is 56.9 cm³/mol. The fourth-order valence-electron chi connectivity index (χ4n) is 1.17. The van der Waals surface area contributed by atoms with Crippen molar-refractivity contribution >= 4 is 11.6 Å². The van der Waals surface area contributed by atoms with Crippen LogP contribution in [0.25, 0.3) is 0 Å². The molecule has 3 N–H and O–H groups in total. The lowest BCUT2D eigenvalue weighted by atomic mass is 10.1. The molecular weight excluding hydrogens is 200 g/mol. The molecule has 0 amide bonds. The fraction of sp³-hybridized carbons (Fsp3) is 0.300. The summed E-state index contributed by atoms with van der Waals surface area (Å²) in [6, 6.07) is 2.61. The number of rotatable bonds is 2. The standard InChI is InChI=1S/C10H13F2N3/c1-3-6-4-5-7(11)9(8(6)12)15-10(13)14-2/h4-5H,3H2,1-2H3,(H3,13,14,15). The van der Waals surface area contributed by atoms with Crippen LogP contribution in [-0.4, -0.2) is 13.0 Å². The van der Waals surface area contributed by atoms with E-state index in [-0.39, 0.29) is 11.6 Å². The minimum Gasteiger partial charge on any atom is -0.370 e. The monoisotopic (exact) mass is 213 g/mol. The van der Waals surface area contributed by atoms with Crippen molar-refractivity contribution in [3.05, 3.63) is 29.3 Å². The molecule has 15 heavy (non-hydrogen) atoms. The van der Waals surface area contributed by atoms with Gasteiger partial charge in [0.25, 0.3) is 0 Å². The summed E-state index contributed by atoms with van der Waals surface area (Å²) in [5.41, 5.74) is 5.52. The lowest BCUT2D eigenvalue weighted by molar-refractivity contribution is 0.581. The number of halogens is 2. The minimum atomic E-state index is -0.684. The maximum absolute atomic E-state index is 13.6. The Hall–Kier alpha value is -1.65. The third-order valence-electron chi connectivity index (χ3n) is 2.05. The van der Waals surface area contributed by atoms with Crippen LogP contribution >= 0.6 is 0 Å². The zero-order valence-corrected chi connectivity index (χ0v) is 8.64. The highest BCUT2D eigenvalue weighted by atomic mass is 19.1. The number of anilines is 1. The van der Waals surface area contributed by atoms with Crippen LogP contribution in [-0.2, 0) is 6.42 Å². The number of nitrogens with zero attached hydrogens (tertiary/aromatic N) is 1. The molecule has 0 saturated heterocycles. The number of nitrogens with two attached hydrogens (primary N) is 1. The topological polar surface area (TPSA) is 50.4 Å². The maximum atomic E-state index is 13.6. The molecule has 5 heteroatoms. The molecule has 0 radical (unpaired) electrons. The first kappa shape index (κ1) is 11.4. The van der Waals surface area contributed by atoms with E-state index < -0.39 is 11.6 Å². The normalized spacial score (nSPS) is 11.6. The Morgan fingerprint density at radius 3 is 2.67 bits per heavy atom. The Morgan fingerprint density at radius 2 is 2.13 bits per heavy atom. The lowest BCUT2D eigenvalue weighted by Crippen LogP contribution is -2.23. The van der Waals surface area contributed by atoms with Crippen LogP contribution in [0.1, 0.15) is 12.5 Å². The van der Waals surface area contributed by atoms with E-state index in [1.807, 2.05) is 0 Å². The van der Waals surface area contributed by atoms with E-state index >= 15 is 0 Å². The maximum Gasteiger partial charge on any atom is 0.192 e. The SMILES string of the molecule is CCc1ccc(F)c(NC(N)=NC)c1F. The molecule has 0 fully saturated rings. The lowest BCUT2D eigenvalue weighted by Gasteiger charge is -2.09. The van der Waals surface area contributed by atoms with Gasteiger partial charge in [0.1, 0.15) is 11.5 Å². The molecule has 1 aromatic rings. The Balaban J connectivity index is 3.15. The summed E-state index contributed by atoms with van der Waals surface area (Å²) < 4.78 is 26.9. The van der Waals surface area contributed by atoms with Gasteiger partial charge in [0.15, 0.2) is 11.8 Å². The summed E-state index contributed by atoms with van der Waals surface area (Å²) >= 11 is 0. The highest BCUT2D eigenvalue weighted by Gasteiger charge is 2.12. The van der Waals surface area contributed by atoms with Crippen LogP contribution in [0.15, 0.2) is 17.1 Å². The zero-order valence-electron chi connectivity index (χ0n) is 8.64. The Kier molecular flexibility index (Phi) is 3.60. The number of aliphatic imine (C=N–C) groups is 1. The molecule has 0 aliphatic rings. The number of hydrogen-bond donors (Lipinski definition) is 2. The molecule has 82 valence electrons. The van der Waals surface area contributed by atoms with E-state index in [1.54, 1.807) is 6.92 Å². The van der Waals surface area contributed by atoms with Gasteiger partial charge >= 0.3 is 0 Å². The highest BCUT2D eigenvalue weighted by molar-refractivity contribution is 5.92. The van der Waals surface area contributed by atoms with E-state index in [4.69, 9.17) is 5.73 Å². The molecule has 0 atom stereocenters. The van der Waals surface area contributed by atoms with Crippen molar-refractivity contribution in [2.24, 2.45) is 10.7 Å². The predicted octanol–water partition coefficient (Wildman–Crippen LogP) is 1.88. The molecule has 0 unspecified atom stereocenters. The Labute approximate surface area is 87.0 Å². The van der Waals surface area contributed by atoms with E-state index in [9.17, 15) is 8.78 Å². The third kappa shape index (κ3) is 2.43. The van der Waals surface area contributed by atoms with Crippen molar-refractivity contribution in [1.29, 1.82) is 0 Å². The molecule has 1 rings (SSSR count). The van der Waals surface area contributed by atoms with E-state index in [2.05, 4.69) is 10.3 Å². The van der Waals surface area contributed by atoms with Crippen LogP contribution in [0.4, 0.5) is 14.5 Å². The van der Waals surface area contributed by atoms with Gasteiger partial charge in [0, 0.05) is 7.05 Å². The Morgan fingerprint density at radius 1 is 1.47 bits per heavy atom. The van der Waals surface area contributed by atoms with Gasteiger partial charge in [-0.1, -0.05) is 13.0 Å². The van der Waals surface area contributed by atoms with Crippen LogP contribution in [0.3, 0.4) is 0 Å². The quantitative estimate of drug-likeness (QED) is 0.582. The summed E-state index contributed by atoms with van der Waals surface area (Å²) in [6.07, 6.45) is 0.490. The van der Waals surface area contributed by atoms with Crippen LogP contribution in [0.5, 0.6) is 0 Å². The number of nitrogens with one attached hydrogen (secondary N) is 1. The van der Waals surface area contributed by atoms with Gasteiger partial charge < -0.3 is 11.1 Å². The van der Waals surface area contributed by atoms with Gasteiger partial charge in [-0.15, -0.1) is 0 Å². The second-order valence-corrected chi connectivity index (χ2v) is 2.98. The van der Waals surface area contributed by atoms with Crippen molar-refractivity contribution < 1.29 is 8.78 Å². The molecule has 0 aliphatic carbocycles. The molecule has 0 spiro atoms. The summed E-state index contributed by atoms with van der Waals surface area (Å²) in [7, 11) is 1.43. The van der Waals surface area contributed by atoms with Gasteiger partial charge in [-0.3, -0.25) is 4.99 Å². The molecule has 1 aromatic carbocycles. The summed E-state index contributed by atoms with van der Waals surface area (Å²) in [4.78, 5) is 3.57. The molecule has 0 saturated carbocycles. The molecular formula is C10H13F2N3.